The molecule has 0 aliphatic rings. The van der Waals surface area contributed by atoms with Gasteiger partial charge in [0, 0.05) is 25.1 Å². The van der Waals surface area contributed by atoms with E-state index in [1.807, 2.05) is 54.8 Å². The van der Waals surface area contributed by atoms with Gasteiger partial charge in [0.05, 0.1) is 5.25 Å². The Bertz CT molecular complexity index is 818. The topological polar surface area (TPSA) is 72.2 Å². The number of carbonyl (C=O) groups is 1. The monoisotopic (exact) mass is 341 g/mol. The minimum atomic E-state index is -0.241. The average Bonchev–Trinajstić information content (AvgIpc) is 3.01. The Kier molecular flexibility index (Phi) is 5.10. The molecule has 0 saturated heterocycles. The Balaban J connectivity index is 1.71. The van der Waals surface area contributed by atoms with Crippen molar-refractivity contribution in [2.45, 2.75) is 30.8 Å². The quantitative estimate of drug-likeness (QED) is 0.698. The first-order valence-corrected chi connectivity index (χ1v) is 8.66. The molecular weight excluding hydrogens is 322 g/mol. The molecule has 0 aliphatic heterocycles. The Hall–Kier alpha value is -2.41. The van der Waals surface area contributed by atoms with Crippen molar-refractivity contribution in [1.82, 2.24) is 24.9 Å². The molecule has 0 bridgehead atoms. The summed E-state index contributed by atoms with van der Waals surface area (Å²) in [5.74, 6) is 0.159. The van der Waals surface area contributed by atoms with Crippen LogP contribution in [0, 0.1) is 5.92 Å². The first-order valence-electron chi connectivity index (χ1n) is 7.78. The normalized spacial score (nSPS) is 12.5. The summed E-state index contributed by atoms with van der Waals surface area (Å²) in [6.45, 7) is 4.53. The van der Waals surface area contributed by atoms with E-state index in [0.717, 1.165) is 16.4 Å². The fourth-order valence-electron chi connectivity index (χ4n) is 2.30. The van der Waals surface area contributed by atoms with Crippen LogP contribution in [0.3, 0.4) is 0 Å². The first kappa shape index (κ1) is 16.4. The molecule has 6 nitrogen and oxygen atoms in total. The number of fused-ring (bicyclic) bond motifs is 1. The number of hydrogen-bond acceptors (Lipinski definition) is 5. The molecule has 7 heteroatoms. The van der Waals surface area contributed by atoms with Crippen LogP contribution in [0.4, 0.5) is 0 Å². The van der Waals surface area contributed by atoms with Crippen LogP contribution in [0.15, 0.2) is 54.1 Å². The predicted octanol–water partition coefficient (Wildman–Crippen LogP) is 2.56. The van der Waals surface area contributed by atoms with Crippen LogP contribution >= 0.6 is 11.8 Å². The summed E-state index contributed by atoms with van der Waals surface area (Å²) in [6, 6.07) is 9.53. The number of pyridine rings is 2. The van der Waals surface area contributed by atoms with Crippen molar-refractivity contribution in [2.24, 2.45) is 5.92 Å². The molecule has 3 heterocycles. The van der Waals surface area contributed by atoms with E-state index in [2.05, 4.69) is 20.5 Å². The zero-order valence-corrected chi connectivity index (χ0v) is 14.4. The SMILES string of the molecule is CC(C)[C@@H](Sc1nnc2ccccn12)C(=O)NCc1cccnc1. The summed E-state index contributed by atoms with van der Waals surface area (Å²) in [6.07, 6.45) is 5.38. The molecule has 1 atom stereocenters. The van der Waals surface area contributed by atoms with Crippen molar-refractivity contribution < 1.29 is 4.79 Å². The second kappa shape index (κ2) is 7.44. The maximum atomic E-state index is 12.6. The van der Waals surface area contributed by atoms with Crippen LogP contribution in [0.2, 0.25) is 0 Å². The molecule has 3 rings (SSSR count). The van der Waals surface area contributed by atoms with E-state index in [1.54, 1.807) is 12.4 Å². The minimum absolute atomic E-state index is 0.00784. The van der Waals surface area contributed by atoms with Crippen molar-refractivity contribution in [3.05, 3.63) is 54.5 Å². The second-order valence-corrected chi connectivity index (χ2v) is 6.88. The van der Waals surface area contributed by atoms with E-state index in [1.165, 1.54) is 11.8 Å². The minimum Gasteiger partial charge on any atom is -0.351 e. The molecule has 1 amide bonds. The summed E-state index contributed by atoms with van der Waals surface area (Å²) in [7, 11) is 0. The molecule has 0 aliphatic carbocycles. The Morgan fingerprint density at radius 2 is 2.12 bits per heavy atom. The standard InChI is InChI=1S/C17H19N5OS/c1-12(2)15(16(23)19-11-13-6-5-8-18-10-13)24-17-21-20-14-7-3-4-9-22(14)17/h3-10,12,15H,11H2,1-2H3,(H,19,23)/t15-/m1/s1. The van der Waals surface area contributed by atoms with E-state index in [-0.39, 0.29) is 17.1 Å². The highest BCUT2D eigenvalue weighted by atomic mass is 32.2. The van der Waals surface area contributed by atoms with Gasteiger partial charge in [-0.25, -0.2) is 0 Å². The molecule has 0 spiro atoms. The fraction of sp³-hybridized carbons (Fsp3) is 0.294. The lowest BCUT2D eigenvalue weighted by Crippen LogP contribution is -2.35. The number of amides is 1. The van der Waals surface area contributed by atoms with Crippen LogP contribution in [0.1, 0.15) is 19.4 Å². The van der Waals surface area contributed by atoms with Gasteiger partial charge in [-0.3, -0.25) is 14.2 Å². The smallest absolute Gasteiger partial charge is 0.234 e. The molecule has 124 valence electrons. The third-order valence-electron chi connectivity index (χ3n) is 3.57. The molecule has 1 N–H and O–H groups in total. The van der Waals surface area contributed by atoms with E-state index in [9.17, 15) is 4.79 Å². The van der Waals surface area contributed by atoms with Gasteiger partial charge in [0.25, 0.3) is 0 Å². The fourth-order valence-corrected chi connectivity index (χ4v) is 3.34. The van der Waals surface area contributed by atoms with Crippen molar-refractivity contribution in [2.75, 3.05) is 0 Å². The summed E-state index contributed by atoms with van der Waals surface area (Å²) in [5, 5.41) is 11.8. The van der Waals surface area contributed by atoms with Gasteiger partial charge >= 0.3 is 0 Å². The number of thioether (sulfide) groups is 1. The molecule has 0 fully saturated rings. The highest BCUT2D eigenvalue weighted by molar-refractivity contribution is 8.00. The molecule has 0 aromatic carbocycles. The lowest BCUT2D eigenvalue weighted by molar-refractivity contribution is -0.121. The molecule has 3 aromatic rings. The highest BCUT2D eigenvalue weighted by Gasteiger charge is 2.25. The van der Waals surface area contributed by atoms with Gasteiger partial charge in [0.1, 0.15) is 0 Å². The zero-order valence-electron chi connectivity index (χ0n) is 13.6. The largest absolute Gasteiger partial charge is 0.351 e. The van der Waals surface area contributed by atoms with E-state index >= 15 is 0 Å². The zero-order chi connectivity index (χ0) is 16.9. The number of rotatable bonds is 6. The maximum absolute atomic E-state index is 12.6. The third-order valence-corrected chi connectivity index (χ3v) is 5.07. The Morgan fingerprint density at radius 1 is 1.25 bits per heavy atom. The van der Waals surface area contributed by atoms with Crippen LogP contribution in [-0.2, 0) is 11.3 Å². The molecule has 0 unspecified atom stereocenters. The lowest BCUT2D eigenvalue weighted by atomic mass is 10.1. The van der Waals surface area contributed by atoms with Crippen molar-refractivity contribution >= 4 is 23.3 Å². The number of carbonyl (C=O) groups excluding carboxylic acids is 1. The predicted molar refractivity (Wildman–Crippen MR) is 93.6 cm³/mol. The van der Waals surface area contributed by atoms with Gasteiger partial charge in [-0.05, 0) is 29.7 Å². The van der Waals surface area contributed by atoms with Crippen molar-refractivity contribution in [1.29, 1.82) is 0 Å². The third kappa shape index (κ3) is 3.73. The number of nitrogens with zero attached hydrogens (tertiary/aromatic N) is 4. The van der Waals surface area contributed by atoms with Crippen LogP contribution in [0.25, 0.3) is 5.65 Å². The molecular formula is C17H19N5OS. The first-order chi connectivity index (χ1) is 11.6. The summed E-state index contributed by atoms with van der Waals surface area (Å²) in [5.41, 5.74) is 1.75. The summed E-state index contributed by atoms with van der Waals surface area (Å²) < 4.78 is 1.90. The van der Waals surface area contributed by atoms with Crippen LogP contribution in [-0.4, -0.2) is 30.7 Å². The number of aromatic nitrogens is 4. The lowest BCUT2D eigenvalue weighted by Gasteiger charge is -2.18. The Labute approximate surface area is 144 Å². The average molecular weight is 341 g/mol. The van der Waals surface area contributed by atoms with Crippen LogP contribution < -0.4 is 5.32 Å². The van der Waals surface area contributed by atoms with Gasteiger partial charge in [-0.2, -0.15) is 0 Å². The maximum Gasteiger partial charge on any atom is 0.234 e. The number of hydrogen-bond donors (Lipinski definition) is 1. The van der Waals surface area contributed by atoms with Crippen LogP contribution in [0.5, 0.6) is 0 Å². The molecule has 24 heavy (non-hydrogen) atoms. The van der Waals surface area contributed by atoms with E-state index in [4.69, 9.17) is 0 Å². The van der Waals surface area contributed by atoms with Crippen molar-refractivity contribution in [3.63, 3.8) is 0 Å². The van der Waals surface area contributed by atoms with Gasteiger partial charge in [-0.1, -0.05) is 37.7 Å². The highest BCUT2D eigenvalue weighted by Crippen LogP contribution is 2.27. The molecule has 0 saturated carbocycles. The van der Waals surface area contributed by atoms with Gasteiger partial charge in [0.2, 0.25) is 5.91 Å². The molecule has 3 aromatic heterocycles. The van der Waals surface area contributed by atoms with Gasteiger partial charge in [0.15, 0.2) is 10.8 Å². The Morgan fingerprint density at radius 3 is 2.88 bits per heavy atom. The van der Waals surface area contributed by atoms with Gasteiger partial charge in [-0.15, -0.1) is 10.2 Å². The summed E-state index contributed by atoms with van der Waals surface area (Å²) >= 11 is 1.44. The van der Waals surface area contributed by atoms with E-state index < -0.39 is 0 Å². The van der Waals surface area contributed by atoms with Crippen molar-refractivity contribution in [3.8, 4) is 0 Å². The summed E-state index contributed by atoms with van der Waals surface area (Å²) in [4.78, 5) is 16.7. The number of nitrogens with one attached hydrogen (secondary N) is 1. The second-order valence-electron chi connectivity index (χ2n) is 5.77. The van der Waals surface area contributed by atoms with E-state index in [0.29, 0.717) is 6.54 Å². The molecule has 0 radical (unpaired) electrons. The van der Waals surface area contributed by atoms with Gasteiger partial charge < -0.3 is 5.32 Å².